The van der Waals surface area contributed by atoms with Crippen LogP contribution in [-0.2, 0) is 19.7 Å². The molecule has 0 radical (unpaired) electrons. The average Bonchev–Trinajstić information content (AvgIpc) is 3.13. The van der Waals surface area contributed by atoms with Crippen molar-refractivity contribution in [2.75, 3.05) is 26.7 Å². The zero-order chi connectivity index (χ0) is 25.0. The van der Waals surface area contributed by atoms with Gasteiger partial charge in [0, 0.05) is 18.7 Å². The summed E-state index contributed by atoms with van der Waals surface area (Å²) < 4.78 is 36.3. The minimum atomic E-state index is -4.19. The molecule has 0 N–H and O–H groups in total. The summed E-state index contributed by atoms with van der Waals surface area (Å²) in [6.45, 7) is 0.905. The van der Waals surface area contributed by atoms with Crippen LogP contribution >= 0.6 is 11.8 Å². The second-order valence-corrected chi connectivity index (χ2v) is 10.5. The molecule has 184 valence electrons. The maximum Gasteiger partial charge on any atom is 0.339 e. The Morgan fingerprint density at radius 3 is 2.43 bits per heavy atom. The average molecular weight is 517 g/mol. The molecule has 2 aliphatic heterocycles. The van der Waals surface area contributed by atoms with Crippen LogP contribution in [0.5, 0.6) is 11.5 Å². The first kappa shape index (κ1) is 24.8. The van der Waals surface area contributed by atoms with Gasteiger partial charge in [0.15, 0.2) is 11.5 Å². The summed E-state index contributed by atoms with van der Waals surface area (Å²) in [5, 5.41) is -0.561. The van der Waals surface area contributed by atoms with Gasteiger partial charge >= 0.3 is 10.1 Å². The molecule has 0 aliphatic carbocycles. The van der Waals surface area contributed by atoms with Crippen molar-refractivity contribution in [3.05, 3.63) is 59.0 Å². The molecule has 2 heterocycles. The number of likely N-dealkylation sites (tertiary alicyclic amines) is 1. The lowest BCUT2D eigenvalue weighted by Crippen LogP contribution is -2.44. The van der Waals surface area contributed by atoms with Gasteiger partial charge in [0.2, 0.25) is 5.91 Å². The summed E-state index contributed by atoms with van der Waals surface area (Å²) in [7, 11) is -2.83. The smallest absolute Gasteiger partial charge is 0.339 e. The fourth-order valence-electron chi connectivity index (χ4n) is 3.80. The molecule has 9 nitrogen and oxygen atoms in total. The number of methoxy groups -OCH3 is 1. The van der Waals surface area contributed by atoms with E-state index in [1.165, 1.54) is 31.4 Å². The van der Waals surface area contributed by atoms with Crippen molar-refractivity contribution in [3.63, 3.8) is 0 Å². The Balaban J connectivity index is 1.60. The maximum atomic E-state index is 13.0. The van der Waals surface area contributed by atoms with Crippen molar-refractivity contribution in [2.24, 2.45) is 0 Å². The van der Waals surface area contributed by atoms with Gasteiger partial charge in [0.25, 0.3) is 11.1 Å². The van der Waals surface area contributed by atoms with Gasteiger partial charge in [0.1, 0.15) is 11.4 Å². The minimum Gasteiger partial charge on any atom is -0.493 e. The largest absolute Gasteiger partial charge is 0.493 e. The molecular formula is C24H24N2O7S2. The zero-order valence-electron chi connectivity index (χ0n) is 19.0. The lowest BCUT2D eigenvalue weighted by atomic mass is 10.1. The van der Waals surface area contributed by atoms with Crippen molar-refractivity contribution in [3.8, 4) is 11.5 Å². The third-order valence-corrected chi connectivity index (χ3v) is 7.76. The Bertz CT molecular complexity index is 1270. The van der Waals surface area contributed by atoms with Crippen LogP contribution in [0.4, 0.5) is 4.79 Å². The van der Waals surface area contributed by atoms with Gasteiger partial charge in [-0.25, -0.2) is 0 Å². The monoisotopic (exact) mass is 516 g/mol. The third-order valence-electron chi connectivity index (χ3n) is 5.62. The van der Waals surface area contributed by atoms with Gasteiger partial charge in [-0.05, 0) is 55.3 Å². The van der Waals surface area contributed by atoms with Gasteiger partial charge in [-0.15, -0.1) is 0 Å². The summed E-state index contributed by atoms with van der Waals surface area (Å²) in [5.41, 5.74) is 0.233. The first-order valence-corrected chi connectivity index (χ1v) is 13.2. The molecule has 35 heavy (non-hydrogen) atoms. The van der Waals surface area contributed by atoms with E-state index in [1.54, 1.807) is 35.2 Å². The van der Waals surface area contributed by atoms with Gasteiger partial charge in [0.05, 0.1) is 12.0 Å². The first-order valence-electron chi connectivity index (χ1n) is 11.0. The van der Waals surface area contributed by atoms with Crippen LogP contribution in [0.25, 0.3) is 6.08 Å². The van der Waals surface area contributed by atoms with E-state index in [9.17, 15) is 22.8 Å². The van der Waals surface area contributed by atoms with Crippen molar-refractivity contribution in [1.82, 2.24) is 9.80 Å². The topological polar surface area (TPSA) is 110 Å². The molecule has 0 saturated carbocycles. The number of thioether (sulfide) groups is 1. The number of para-hydroxylation sites is 1. The zero-order valence-corrected chi connectivity index (χ0v) is 20.6. The number of piperidine rings is 1. The van der Waals surface area contributed by atoms with Crippen molar-refractivity contribution < 1.29 is 31.7 Å². The summed E-state index contributed by atoms with van der Waals surface area (Å²) in [6.07, 6.45) is 4.23. The highest BCUT2D eigenvalue weighted by Crippen LogP contribution is 2.38. The molecule has 0 atom stereocenters. The second-order valence-electron chi connectivity index (χ2n) is 7.94. The number of nitrogens with zero attached hydrogens (tertiary/aromatic N) is 2. The van der Waals surface area contributed by atoms with Crippen molar-refractivity contribution in [1.29, 1.82) is 0 Å². The Morgan fingerprint density at radius 1 is 1.03 bits per heavy atom. The van der Waals surface area contributed by atoms with Gasteiger partial charge in [-0.3, -0.25) is 19.3 Å². The number of amides is 3. The van der Waals surface area contributed by atoms with Crippen molar-refractivity contribution >= 4 is 45.0 Å². The van der Waals surface area contributed by atoms with Gasteiger partial charge in [-0.1, -0.05) is 30.3 Å². The van der Waals surface area contributed by atoms with Gasteiger partial charge in [-0.2, -0.15) is 8.42 Å². The fourth-order valence-corrected chi connectivity index (χ4v) is 5.61. The van der Waals surface area contributed by atoms with Gasteiger partial charge < -0.3 is 13.8 Å². The van der Waals surface area contributed by atoms with E-state index >= 15 is 0 Å². The molecule has 2 aliphatic rings. The van der Waals surface area contributed by atoms with E-state index in [4.69, 9.17) is 8.92 Å². The Morgan fingerprint density at radius 2 is 1.74 bits per heavy atom. The summed E-state index contributed by atoms with van der Waals surface area (Å²) in [6, 6.07) is 12.3. The van der Waals surface area contributed by atoms with Crippen LogP contribution in [0.3, 0.4) is 0 Å². The molecule has 4 rings (SSSR count). The van der Waals surface area contributed by atoms with Crippen LogP contribution in [0, 0.1) is 0 Å². The normalized spacial score (nSPS) is 17.7. The third kappa shape index (κ3) is 5.51. The summed E-state index contributed by atoms with van der Waals surface area (Å²) in [5.74, 6) is -0.870. The molecule has 0 unspecified atom stereocenters. The van der Waals surface area contributed by atoms with E-state index in [0.717, 1.165) is 24.2 Å². The van der Waals surface area contributed by atoms with Crippen LogP contribution in [0.1, 0.15) is 24.8 Å². The molecule has 2 saturated heterocycles. The predicted molar refractivity (Wildman–Crippen MR) is 130 cm³/mol. The Labute approximate surface area is 207 Å². The predicted octanol–water partition coefficient (Wildman–Crippen LogP) is 3.51. The Kier molecular flexibility index (Phi) is 7.46. The molecule has 0 spiro atoms. The number of ether oxygens (including phenoxy) is 1. The van der Waals surface area contributed by atoms with E-state index < -0.39 is 21.3 Å². The SMILES string of the molecule is COc1cccc(/C=C2\SC(=O)N(CC(=O)N3CCCCC3)C2=O)c1OS(=O)(=O)c1ccccc1. The minimum absolute atomic E-state index is 0.0478. The van der Waals surface area contributed by atoms with Crippen LogP contribution in [-0.4, -0.2) is 62.0 Å². The Hall–Kier alpha value is -3.31. The molecule has 2 aromatic carbocycles. The molecule has 0 aromatic heterocycles. The molecular weight excluding hydrogens is 492 g/mol. The molecule has 2 aromatic rings. The second kappa shape index (κ2) is 10.5. The maximum absolute atomic E-state index is 13.0. The quantitative estimate of drug-likeness (QED) is 0.406. The number of hydrogen-bond acceptors (Lipinski definition) is 8. The highest BCUT2D eigenvalue weighted by molar-refractivity contribution is 8.18. The summed E-state index contributed by atoms with van der Waals surface area (Å²) >= 11 is 0.684. The fraction of sp³-hybridized carbons (Fsp3) is 0.292. The van der Waals surface area contributed by atoms with E-state index in [2.05, 4.69) is 0 Å². The number of carbonyl (C=O) groups excluding carboxylic acids is 3. The standard InChI is InChI=1S/C24H24N2O7S2/c1-32-19-12-8-9-17(22(19)33-35(30,31)18-10-4-2-5-11-18)15-20-23(28)26(24(29)34-20)16-21(27)25-13-6-3-7-14-25/h2,4-5,8-12,15H,3,6-7,13-14,16H2,1H3/b20-15-. The van der Waals surface area contributed by atoms with Crippen molar-refractivity contribution in [2.45, 2.75) is 24.2 Å². The van der Waals surface area contributed by atoms with E-state index in [-0.39, 0.29) is 39.3 Å². The lowest BCUT2D eigenvalue weighted by Gasteiger charge is -2.27. The number of benzene rings is 2. The van der Waals surface area contributed by atoms with E-state index in [0.29, 0.717) is 24.9 Å². The highest BCUT2D eigenvalue weighted by Gasteiger charge is 2.37. The van der Waals surface area contributed by atoms with Crippen LogP contribution < -0.4 is 8.92 Å². The molecule has 3 amide bonds. The van der Waals surface area contributed by atoms with E-state index in [1.807, 2.05) is 0 Å². The summed E-state index contributed by atoms with van der Waals surface area (Å²) in [4.78, 5) is 40.7. The molecule has 0 bridgehead atoms. The number of carbonyl (C=O) groups is 3. The number of hydrogen-bond donors (Lipinski definition) is 0. The first-order chi connectivity index (χ1) is 16.8. The highest BCUT2D eigenvalue weighted by atomic mass is 32.2. The molecule has 2 fully saturated rings. The number of imide groups is 1. The van der Waals surface area contributed by atoms with Crippen LogP contribution in [0.2, 0.25) is 0 Å². The molecule has 11 heteroatoms. The number of rotatable bonds is 7. The van der Waals surface area contributed by atoms with Crippen LogP contribution in [0.15, 0.2) is 58.3 Å². The lowest BCUT2D eigenvalue weighted by molar-refractivity contribution is -0.136.